The van der Waals surface area contributed by atoms with Crippen molar-refractivity contribution in [2.75, 3.05) is 38.3 Å². The Morgan fingerprint density at radius 1 is 0.951 bits per heavy atom. The number of thiazole rings is 1. The molecule has 8 atom stereocenters. The summed E-state index contributed by atoms with van der Waals surface area (Å²) in [6.07, 6.45) is 4.89. The lowest BCUT2D eigenvalue weighted by Gasteiger charge is -2.31. The number of anilines is 1. The molecule has 3 aliphatic heterocycles. The van der Waals surface area contributed by atoms with Gasteiger partial charge in [-0.15, -0.1) is 16.4 Å². The number of carbonyl (C=O) groups excluding carboxylic acids is 2. The molecule has 21 heteroatoms. The van der Waals surface area contributed by atoms with Crippen molar-refractivity contribution in [1.29, 1.82) is 0 Å². The third kappa shape index (κ3) is 10.4. The first-order chi connectivity index (χ1) is 39.2. The highest BCUT2D eigenvalue weighted by Gasteiger charge is 2.44. The molecule has 7 heterocycles. The molecule has 1 aliphatic carbocycles. The van der Waals surface area contributed by atoms with E-state index < -0.39 is 30.1 Å². The molecule has 81 heavy (non-hydrogen) atoms. The van der Waals surface area contributed by atoms with Crippen LogP contribution in [0.1, 0.15) is 99.3 Å². The number of ether oxygens (including phenoxy) is 3. The summed E-state index contributed by atoms with van der Waals surface area (Å²) in [6.45, 7) is 12.8. The number of hydrogen-bond acceptors (Lipinski definition) is 16. The second-order valence-corrected chi connectivity index (χ2v) is 23.4. The largest absolute Gasteiger partial charge is 0.486 e. The SMILES string of the molecule is CO[C@H](C)[C@@H](C)Oc1nc(N2C[C@@H]3C[C@H]2CN3)c2cc(C3CC3)c(-c3c(C)c(F)cc4[nH]ncc34)c(OCc3ccc(-c4cn([C@H](C(=O)N5C[C@H](O)C[C@H]5C(=O)N[C@@H](CO)c5ccc(-c6scnc6C)cc5)C(C)C)nn4)cc3)c2n1. The summed E-state index contributed by atoms with van der Waals surface area (Å²) >= 11 is 1.54. The number of likely N-dealkylation sites (tertiary alicyclic amines) is 1. The number of nitrogens with zero attached hydrogens (tertiary/aromatic N) is 9. The lowest BCUT2D eigenvalue weighted by atomic mass is 9.88. The molecule has 1 saturated carbocycles. The molecule has 0 radical (unpaired) electrons. The molecule has 2 bridgehead atoms. The number of aromatic nitrogens is 8. The molecule has 422 valence electrons. The molecule has 2 amide bonds. The maximum absolute atomic E-state index is 16.1. The number of carbonyl (C=O) groups is 2. The number of rotatable bonds is 19. The normalized spacial score (nSPS) is 20.4. The molecule has 0 spiro atoms. The average Bonchev–Trinajstić information content (AvgIpc) is 4.36. The zero-order valence-electron chi connectivity index (χ0n) is 46.4. The Labute approximate surface area is 472 Å². The van der Waals surface area contributed by atoms with Crippen LogP contribution in [0.25, 0.3) is 54.6 Å². The fourth-order valence-corrected chi connectivity index (χ4v) is 12.8. The van der Waals surface area contributed by atoms with Crippen molar-refractivity contribution >= 4 is 50.8 Å². The van der Waals surface area contributed by atoms with Gasteiger partial charge in [0.05, 0.1) is 58.8 Å². The number of amides is 2. The molecule has 8 aromatic rings. The van der Waals surface area contributed by atoms with Crippen LogP contribution in [0.2, 0.25) is 0 Å². The summed E-state index contributed by atoms with van der Waals surface area (Å²) in [5.74, 6) is -0.0124. The van der Waals surface area contributed by atoms with Gasteiger partial charge in [-0.25, -0.2) is 14.1 Å². The van der Waals surface area contributed by atoms with Crippen LogP contribution in [0.5, 0.6) is 11.8 Å². The van der Waals surface area contributed by atoms with Gasteiger partial charge in [0, 0.05) is 72.7 Å². The number of halogens is 1. The van der Waals surface area contributed by atoms with Crippen LogP contribution in [0.4, 0.5) is 10.2 Å². The number of benzene rings is 4. The molecular formula is C60H67FN12O7S. The van der Waals surface area contributed by atoms with E-state index in [4.69, 9.17) is 24.2 Å². The number of aryl methyl sites for hydroxylation is 1. The third-order valence-corrected chi connectivity index (χ3v) is 17.8. The van der Waals surface area contributed by atoms with Gasteiger partial charge in [-0.1, -0.05) is 67.6 Å². The van der Waals surface area contributed by atoms with E-state index >= 15 is 4.39 Å². The summed E-state index contributed by atoms with van der Waals surface area (Å²) in [5, 5.41) is 45.9. The summed E-state index contributed by atoms with van der Waals surface area (Å²) in [7, 11) is 1.65. The second kappa shape index (κ2) is 22.1. The number of nitrogens with one attached hydrogen (secondary N) is 3. The smallest absolute Gasteiger partial charge is 0.319 e. The Balaban J connectivity index is 0.830. The lowest BCUT2D eigenvalue weighted by Crippen LogP contribution is -2.50. The van der Waals surface area contributed by atoms with Gasteiger partial charge in [-0.05, 0) is 98.7 Å². The van der Waals surface area contributed by atoms with Crippen molar-refractivity contribution in [2.24, 2.45) is 5.92 Å². The van der Waals surface area contributed by atoms with E-state index in [-0.39, 0.29) is 74.0 Å². The lowest BCUT2D eigenvalue weighted by molar-refractivity contribution is -0.142. The van der Waals surface area contributed by atoms with Gasteiger partial charge in [0.15, 0.2) is 5.75 Å². The van der Waals surface area contributed by atoms with E-state index in [0.717, 1.165) is 87.3 Å². The molecule has 12 rings (SSSR count). The fraction of sp³-hybridized carbons (Fsp3) is 0.433. The molecule has 4 aromatic heterocycles. The number of aromatic amines is 1. The van der Waals surface area contributed by atoms with Gasteiger partial charge in [0.1, 0.15) is 47.6 Å². The van der Waals surface area contributed by atoms with Crippen LogP contribution in [0.15, 0.2) is 78.6 Å². The minimum Gasteiger partial charge on any atom is -0.486 e. The van der Waals surface area contributed by atoms with E-state index in [1.807, 2.05) is 83.1 Å². The molecule has 19 nitrogen and oxygen atoms in total. The molecule has 4 aliphatic rings. The molecule has 4 fully saturated rings. The van der Waals surface area contributed by atoms with Crippen molar-refractivity contribution in [3.8, 4) is 44.6 Å². The predicted molar refractivity (Wildman–Crippen MR) is 305 cm³/mol. The van der Waals surface area contributed by atoms with Gasteiger partial charge in [-0.2, -0.15) is 15.1 Å². The van der Waals surface area contributed by atoms with E-state index in [0.29, 0.717) is 45.2 Å². The van der Waals surface area contributed by atoms with Crippen molar-refractivity contribution in [3.05, 3.63) is 112 Å². The van der Waals surface area contributed by atoms with Gasteiger partial charge < -0.3 is 44.9 Å². The zero-order chi connectivity index (χ0) is 56.4. The topological polar surface area (TPSA) is 231 Å². The minimum absolute atomic E-state index is 0.0391. The van der Waals surface area contributed by atoms with E-state index in [1.54, 1.807) is 43.3 Å². The second-order valence-electron chi connectivity index (χ2n) is 22.6. The summed E-state index contributed by atoms with van der Waals surface area (Å²) < 4.78 is 37.0. The maximum atomic E-state index is 16.1. The van der Waals surface area contributed by atoms with Gasteiger partial charge in [0.2, 0.25) is 11.8 Å². The highest BCUT2D eigenvalue weighted by molar-refractivity contribution is 7.13. The number of hydrogen-bond donors (Lipinski definition) is 5. The van der Waals surface area contributed by atoms with Crippen LogP contribution in [0, 0.1) is 25.6 Å². The number of β-amino-alcohol motifs (C(OH)–C–C–N with tert-alkyl or cyclic N) is 1. The van der Waals surface area contributed by atoms with E-state index in [9.17, 15) is 19.8 Å². The first kappa shape index (κ1) is 54.2. The number of fused-ring (bicyclic) bond motifs is 4. The summed E-state index contributed by atoms with van der Waals surface area (Å²) in [6, 6.07) is 17.2. The quantitative estimate of drug-likeness (QED) is 0.0515. The fourth-order valence-electron chi connectivity index (χ4n) is 12.0. The highest BCUT2D eigenvalue weighted by Crippen LogP contribution is 2.53. The zero-order valence-corrected chi connectivity index (χ0v) is 47.2. The van der Waals surface area contributed by atoms with Crippen molar-refractivity contribution < 1.29 is 38.4 Å². The predicted octanol–water partition coefficient (Wildman–Crippen LogP) is 8.13. The Morgan fingerprint density at radius 3 is 2.41 bits per heavy atom. The van der Waals surface area contributed by atoms with E-state index in [1.165, 1.54) is 15.6 Å². The Bertz CT molecular complexity index is 3640. The van der Waals surface area contributed by atoms with Crippen LogP contribution < -0.4 is 25.0 Å². The molecule has 4 aromatic carbocycles. The molecule has 0 unspecified atom stereocenters. The third-order valence-electron chi connectivity index (χ3n) is 16.8. The number of piperazine rings is 1. The van der Waals surface area contributed by atoms with Gasteiger partial charge >= 0.3 is 6.01 Å². The number of aliphatic hydroxyl groups is 2. The molecular weight excluding hydrogens is 1050 g/mol. The summed E-state index contributed by atoms with van der Waals surface area (Å²) in [5.41, 5.74) is 10.6. The standard InChI is InChI=1S/C60H67FN12O7S/c1-30(2)54(59(77)72-25-42(75)19-50(72)58(76)65-49(27-74)38-14-16-39(17-15-38)56-32(4)63-29-81-56)73-26-48(69-70-73)37-10-8-35(9-11-37)28-79-55-52(51-31(3)46(61)21-47-45(51)23-64-68-47)43(36-12-13-36)20-44-53(55)66-60(80-34(6)33(5)78-7)67-57(44)71-24-40-18-41(71)22-62-40/h8-11,14-17,20-21,23,26,29-30,33-34,36,40-42,49-50,54,62,74-75H,12-13,18-19,22,24-25,27-28H2,1-7H3,(H,64,68)(H,65,76)/t33-,34-,40+,41+,42-,49+,50+,54+/m1/s1. The van der Waals surface area contributed by atoms with Gasteiger partial charge in [0.25, 0.3) is 0 Å². The average molecular weight is 1120 g/mol. The molecule has 3 saturated heterocycles. The first-order valence-electron chi connectivity index (χ1n) is 27.9. The van der Waals surface area contributed by atoms with Crippen molar-refractivity contribution in [1.82, 2.24) is 55.7 Å². The van der Waals surface area contributed by atoms with Crippen LogP contribution in [-0.4, -0.2) is 137 Å². The van der Waals surface area contributed by atoms with Crippen LogP contribution >= 0.6 is 11.3 Å². The van der Waals surface area contributed by atoms with Crippen molar-refractivity contribution in [3.63, 3.8) is 0 Å². The summed E-state index contributed by atoms with van der Waals surface area (Å²) in [4.78, 5) is 48.2. The minimum atomic E-state index is -0.981. The first-order valence-corrected chi connectivity index (χ1v) is 28.8. The molecule has 5 N–H and O–H groups in total. The number of aliphatic hydroxyl groups excluding tert-OH is 2. The Morgan fingerprint density at radius 2 is 1.73 bits per heavy atom. The maximum Gasteiger partial charge on any atom is 0.319 e. The monoisotopic (exact) mass is 1120 g/mol. The Hall–Kier alpha value is -7.43. The van der Waals surface area contributed by atoms with Crippen LogP contribution in [0.3, 0.4) is 0 Å². The van der Waals surface area contributed by atoms with Gasteiger partial charge in [-0.3, -0.25) is 14.7 Å². The van der Waals surface area contributed by atoms with Crippen LogP contribution in [-0.2, 0) is 20.9 Å². The van der Waals surface area contributed by atoms with Crippen molar-refractivity contribution in [2.45, 2.75) is 128 Å². The highest BCUT2D eigenvalue weighted by atomic mass is 32.1. The van der Waals surface area contributed by atoms with E-state index in [2.05, 4.69) is 47.1 Å². The number of methoxy groups -OCH3 is 1. The Kier molecular flexibility index (Phi) is 14.8. The number of H-pyrrole nitrogens is 1.